The van der Waals surface area contributed by atoms with E-state index < -0.39 is 43.5 Å². The van der Waals surface area contributed by atoms with Gasteiger partial charge < -0.3 is 0 Å². The molecular weight excluding hydrogens is 496 g/mol. The van der Waals surface area contributed by atoms with Crippen LogP contribution in [0.2, 0.25) is 5.02 Å². The van der Waals surface area contributed by atoms with Gasteiger partial charge in [-0.1, -0.05) is 35.9 Å². The molecule has 3 rings (SSSR count). The monoisotopic (exact) mass is 515 g/mol. The van der Waals surface area contributed by atoms with Crippen molar-refractivity contribution in [2.45, 2.75) is 24.5 Å². The van der Waals surface area contributed by atoms with E-state index in [1.807, 2.05) is 0 Å². The highest BCUT2D eigenvalue weighted by atomic mass is 35.5. The van der Waals surface area contributed by atoms with Gasteiger partial charge >= 0.3 is 0 Å². The highest BCUT2D eigenvalue weighted by molar-refractivity contribution is 7.92. The third-order valence-corrected chi connectivity index (χ3v) is 7.50. The molecule has 0 aliphatic carbocycles. The van der Waals surface area contributed by atoms with E-state index in [1.54, 1.807) is 24.3 Å². The maximum Gasteiger partial charge on any atom is 0.264 e. The summed E-state index contributed by atoms with van der Waals surface area (Å²) in [6, 6.07) is 13.0. The summed E-state index contributed by atoms with van der Waals surface area (Å²) in [7, 11) is -8.19. The first-order valence-electron chi connectivity index (χ1n) is 9.57. The first-order valence-corrected chi connectivity index (χ1v) is 13.2. The first-order chi connectivity index (χ1) is 15.4. The van der Waals surface area contributed by atoms with E-state index in [1.165, 1.54) is 31.2 Å². The van der Waals surface area contributed by atoms with Crippen LogP contribution in [0.25, 0.3) is 0 Å². The molecule has 0 unspecified atom stereocenters. The van der Waals surface area contributed by atoms with Crippen molar-refractivity contribution < 1.29 is 29.8 Å². The smallest absolute Gasteiger partial charge is 0.264 e. The average molecular weight is 516 g/mol. The lowest BCUT2D eigenvalue weighted by molar-refractivity contribution is 0.310. The van der Waals surface area contributed by atoms with Crippen LogP contribution >= 0.6 is 11.6 Å². The molecule has 0 aliphatic heterocycles. The summed E-state index contributed by atoms with van der Waals surface area (Å²) in [6.45, 7) is 1.12. The molecule has 3 aromatic rings. The van der Waals surface area contributed by atoms with Gasteiger partial charge in [0, 0.05) is 11.1 Å². The SMILES string of the molecule is C[C@H](c1ccccc1COS(C)(=O)=O)N(c1cc(F)ccc1F)S(=O)(=O)c1ccc(Cl)cc1. The second kappa shape index (κ2) is 9.76. The van der Waals surface area contributed by atoms with E-state index >= 15 is 0 Å². The van der Waals surface area contributed by atoms with Gasteiger partial charge in [0.1, 0.15) is 11.6 Å². The number of rotatable bonds is 8. The van der Waals surface area contributed by atoms with Crippen molar-refractivity contribution in [2.75, 3.05) is 10.6 Å². The normalized spacial score (nSPS) is 13.0. The van der Waals surface area contributed by atoms with Gasteiger partial charge in [0.2, 0.25) is 0 Å². The van der Waals surface area contributed by atoms with Gasteiger partial charge in [0.15, 0.2) is 0 Å². The molecule has 0 N–H and O–H groups in total. The molecule has 0 heterocycles. The van der Waals surface area contributed by atoms with Crippen molar-refractivity contribution >= 4 is 37.4 Å². The van der Waals surface area contributed by atoms with Gasteiger partial charge in [-0.05, 0) is 54.4 Å². The Hall–Kier alpha value is -2.53. The maximum atomic E-state index is 14.8. The number of hydrogen-bond acceptors (Lipinski definition) is 5. The molecule has 0 bridgehead atoms. The van der Waals surface area contributed by atoms with Crippen LogP contribution in [0.3, 0.4) is 0 Å². The lowest BCUT2D eigenvalue weighted by Gasteiger charge is -2.32. The second-order valence-corrected chi connectivity index (χ2v) is 11.1. The zero-order valence-electron chi connectivity index (χ0n) is 17.6. The Kier molecular flexibility index (Phi) is 7.42. The lowest BCUT2D eigenvalue weighted by atomic mass is 10.0. The Labute approximate surface area is 196 Å². The predicted octanol–water partition coefficient (Wildman–Crippen LogP) is 5.05. The van der Waals surface area contributed by atoms with Crippen LogP contribution in [0.1, 0.15) is 24.1 Å². The molecule has 0 saturated heterocycles. The second-order valence-electron chi connectivity index (χ2n) is 7.19. The summed E-state index contributed by atoms with van der Waals surface area (Å²) in [5, 5.41) is 0.300. The molecular formula is C22H20ClF2NO5S2. The van der Waals surface area contributed by atoms with E-state index in [0.717, 1.165) is 28.8 Å². The van der Waals surface area contributed by atoms with Crippen LogP contribution in [-0.4, -0.2) is 23.1 Å². The quantitative estimate of drug-likeness (QED) is 0.392. The minimum absolute atomic E-state index is 0.188. The van der Waals surface area contributed by atoms with Crippen molar-refractivity contribution in [3.05, 3.63) is 94.5 Å². The number of anilines is 1. The van der Waals surface area contributed by atoms with Gasteiger partial charge in [0.05, 0.1) is 29.5 Å². The van der Waals surface area contributed by atoms with Crippen LogP contribution in [0, 0.1) is 11.6 Å². The number of nitrogens with zero attached hydrogens (tertiary/aromatic N) is 1. The van der Waals surface area contributed by atoms with E-state index in [9.17, 15) is 25.6 Å². The van der Waals surface area contributed by atoms with Crippen molar-refractivity contribution in [3.63, 3.8) is 0 Å². The summed E-state index contributed by atoms with van der Waals surface area (Å²) in [5.41, 5.74) is 0.210. The molecule has 0 aliphatic rings. The summed E-state index contributed by atoms with van der Waals surface area (Å²) < 4.78 is 84.7. The van der Waals surface area contributed by atoms with Crippen LogP contribution in [-0.2, 0) is 30.9 Å². The van der Waals surface area contributed by atoms with Crippen LogP contribution in [0.5, 0.6) is 0 Å². The first kappa shape index (κ1) is 25.1. The molecule has 6 nitrogen and oxygen atoms in total. The highest BCUT2D eigenvalue weighted by Gasteiger charge is 2.33. The molecule has 33 heavy (non-hydrogen) atoms. The van der Waals surface area contributed by atoms with Crippen molar-refractivity contribution in [1.29, 1.82) is 0 Å². The fourth-order valence-corrected chi connectivity index (χ4v) is 5.39. The van der Waals surface area contributed by atoms with Crippen molar-refractivity contribution in [1.82, 2.24) is 0 Å². The highest BCUT2D eigenvalue weighted by Crippen LogP contribution is 2.36. The largest absolute Gasteiger partial charge is 0.265 e. The summed E-state index contributed by atoms with van der Waals surface area (Å²) in [4.78, 5) is -0.188. The van der Waals surface area contributed by atoms with Gasteiger partial charge in [-0.15, -0.1) is 0 Å². The van der Waals surface area contributed by atoms with E-state index in [2.05, 4.69) is 0 Å². The Morgan fingerprint density at radius 3 is 2.24 bits per heavy atom. The Bertz CT molecular complexity index is 1360. The zero-order chi connectivity index (χ0) is 24.4. The fraction of sp³-hybridized carbons (Fsp3) is 0.182. The lowest BCUT2D eigenvalue weighted by Crippen LogP contribution is -2.35. The van der Waals surface area contributed by atoms with Gasteiger partial charge in [-0.2, -0.15) is 8.42 Å². The molecule has 0 amide bonds. The van der Waals surface area contributed by atoms with Crippen LogP contribution in [0.4, 0.5) is 14.5 Å². The van der Waals surface area contributed by atoms with Crippen molar-refractivity contribution in [2.24, 2.45) is 0 Å². The third kappa shape index (κ3) is 5.89. The fourth-order valence-electron chi connectivity index (χ4n) is 3.29. The Morgan fingerprint density at radius 2 is 1.61 bits per heavy atom. The molecule has 3 aromatic carbocycles. The molecule has 176 valence electrons. The van der Waals surface area contributed by atoms with Gasteiger partial charge in [-0.3, -0.25) is 8.49 Å². The number of hydrogen-bond donors (Lipinski definition) is 0. The molecule has 0 saturated carbocycles. The number of benzene rings is 3. The minimum atomic E-state index is -4.41. The Balaban J connectivity index is 2.19. The maximum absolute atomic E-state index is 14.8. The summed E-state index contributed by atoms with van der Waals surface area (Å²) >= 11 is 5.87. The Morgan fingerprint density at radius 1 is 0.970 bits per heavy atom. The van der Waals surface area contributed by atoms with Crippen molar-refractivity contribution in [3.8, 4) is 0 Å². The molecule has 0 radical (unpaired) electrons. The molecule has 11 heteroatoms. The molecule has 0 spiro atoms. The summed E-state index contributed by atoms with van der Waals surface area (Å²) in [6.07, 6.45) is 0.887. The summed E-state index contributed by atoms with van der Waals surface area (Å²) in [5.74, 6) is -1.78. The van der Waals surface area contributed by atoms with Crippen LogP contribution < -0.4 is 4.31 Å². The molecule has 0 aromatic heterocycles. The van der Waals surface area contributed by atoms with E-state index in [0.29, 0.717) is 16.1 Å². The zero-order valence-corrected chi connectivity index (χ0v) is 20.0. The topological polar surface area (TPSA) is 80.8 Å². The molecule has 0 fully saturated rings. The predicted molar refractivity (Wildman–Crippen MR) is 122 cm³/mol. The minimum Gasteiger partial charge on any atom is -0.265 e. The molecule has 1 atom stereocenters. The number of sulfonamides is 1. The average Bonchev–Trinajstić information content (AvgIpc) is 2.74. The van der Waals surface area contributed by atoms with Gasteiger partial charge in [-0.25, -0.2) is 17.2 Å². The number of halogens is 3. The third-order valence-electron chi connectivity index (χ3n) is 4.80. The van der Waals surface area contributed by atoms with Crippen LogP contribution in [0.15, 0.2) is 71.6 Å². The van der Waals surface area contributed by atoms with E-state index in [-0.39, 0.29) is 11.5 Å². The van der Waals surface area contributed by atoms with Gasteiger partial charge in [0.25, 0.3) is 20.1 Å². The van der Waals surface area contributed by atoms with E-state index in [4.69, 9.17) is 15.8 Å². The standard InChI is InChI=1S/C22H20ClF2NO5S2/c1-15(20-6-4-3-5-16(20)14-31-32(2,27)28)26(22-13-18(24)9-12-21(22)25)33(29,30)19-10-7-17(23)8-11-19/h3-13,15H,14H2,1-2H3/t15-/m1/s1.